The second-order valence-corrected chi connectivity index (χ2v) is 12.4. The third-order valence-electron chi connectivity index (χ3n) is 7.48. The van der Waals surface area contributed by atoms with Gasteiger partial charge in [-0.05, 0) is 66.8 Å². The first-order valence-electron chi connectivity index (χ1n) is 14.1. The molecule has 1 fully saturated rings. The zero-order chi connectivity index (χ0) is 31.9. The number of nitrogens with one attached hydrogen (secondary N) is 1. The van der Waals surface area contributed by atoms with Crippen molar-refractivity contribution in [1.29, 1.82) is 0 Å². The number of ether oxygens (including phenoxy) is 1. The Balaban J connectivity index is 0.00000552. The molecule has 1 aliphatic carbocycles. The smallest absolute Gasteiger partial charge is 0.416 e. The van der Waals surface area contributed by atoms with Gasteiger partial charge in [-0.1, -0.05) is 61.7 Å². The van der Waals surface area contributed by atoms with E-state index in [1.807, 2.05) is 0 Å². The molecule has 0 radical (unpaired) electrons. The molecule has 45 heavy (non-hydrogen) atoms. The zero-order valence-corrected chi connectivity index (χ0v) is 25.8. The van der Waals surface area contributed by atoms with Crippen molar-refractivity contribution < 1.29 is 41.0 Å². The summed E-state index contributed by atoms with van der Waals surface area (Å²) in [6.45, 7) is -0.458. The molecular weight excluding hydrogens is 635 g/mol. The van der Waals surface area contributed by atoms with Gasteiger partial charge in [-0.3, -0.25) is 14.6 Å². The fraction of sp³-hybridized carbons (Fsp3) is 0.355. The molecule has 244 valence electrons. The first-order valence-corrected chi connectivity index (χ1v) is 15.6. The highest BCUT2D eigenvalue weighted by Crippen LogP contribution is 2.32. The van der Waals surface area contributed by atoms with E-state index >= 15 is 0 Å². The predicted octanol–water partition coefficient (Wildman–Crippen LogP) is 5.29. The summed E-state index contributed by atoms with van der Waals surface area (Å²) in [6.07, 6.45) is -1.05. The largest absolute Gasteiger partial charge is 0.508 e. The molecule has 0 aliphatic heterocycles. The van der Waals surface area contributed by atoms with E-state index in [-0.39, 0.29) is 24.6 Å². The number of hydrogen-bond donors (Lipinski definition) is 3. The van der Waals surface area contributed by atoms with Crippen LogP contribution in [-0.4, -0.2) is 43.1 Å². The normalized spacial score (nSPS) is 15.4. The molecule has 2 atom stereocenters. The number of hydrogen-bond acceptors (Lipinski definition) is 7. The van der Waals surface area contributed by atoms with Crippen LogP contribution in [0.25, 0.3) is 0 Å². The molecule has 0 heterocycles. The van der Waals surface area contributed by atoms with Gasteiger partial charge in [0.15, 0.2) is 0 Å². The summed E-state index contributed by atoms with van der Waals surface area (Å²) in [4.78, 5) is 28.7. The lowest BCUT2D eigenvalue weighted by atomic mass is 9.88. The third kappa shape index (κ3) is 9.67. The minimum Gasteiger partial charge on any atom is -0.508 e. The Hall–Kier alpha value is -3.65. The molecule has 0 aromatic heterocycles. The Labute approximate surface area is 266 Å². The monoisotopic (exact) mass is 669 g/mol. The summed E-state index contributed by atoms with van der Waals surface area (Å²) in [7, 11) is -4.56. The minimum absolute atomic E-state index is 0. The number of phenols is 1. The van der Waals surface area contributed by atoms with Gasteiger partial charge in [0.25, 0.3) is 10.0 Å². The van der Waals surface area contributed by atoms with Crippen molar-refractivity contribution in [2.24, 2.45) is 11.7 Å². The number of carbonyl (C=O) groups is 2. The summed E-state index contributed by atoms with van der Waals surface area (Å²) >= 11 is 0. The van der Waals surface area contributed by atoms with E-state index in [0.717, 1.165) is 36.4 Å². The lowest BCUT2D eigenvalue weighted by molar-refractivity contribution is -0.152. The van der Waals surface area contributed by atoms with Crippen LogP contribution in [0.15, 0.2) is 83.8 Å². The van der Waals surface area contributed by atoms with E-state index < -0.39 is 63.1 Å². The second-order valence-electron chi connectivity index (χ2n) is 10.7. The number of benzene rings is 3. The zero-order valence-electron chi connectivity index (χ0n) is 24.2. The van der Waals surface area contributed by atoms with Crippen molar-refractivity contribution in [1.82, 2.24) is 9.84 Å². The number of nitrogens with zero attached hydrogens (tertiary/aromatic N) is 1. The number of halogens is 4. The standard InChI is InChI=1S/C31H34F3N3O6S.ClH/c32-31(33,34)24-13-17-26(18-14-24)44(41,42)36-37(29(39)23-9-5-2-6-10-23)28(22-7-3-1-4-8-22)20-43-30(40)27(35)19-21-11-15-25(38)16-12-21;/h1,3-4,7-8,11-18,23,27-28,36,38H,2,5-6,9-10,19-20,35H2;1H/t27?,28-;/m1./s1. The molecule has 3 aromatic carbocycles. The van der Waals surface area contributed by atoms with Gasteiger partial charge in [0.05, 0.1) is 10.5 Å². The number of amides is 1. The van der Waals surface area contributed by atoms with Gasteiger partial charge in [0, 0.05) is 5.92 Å². The highest BCUT2D eigenvalue weighted by atomic mass is 35.5. The van der Waals surface area contributed by atoms with Gasteiger partial charge in [-0.25, -0.2) is 8.42 Å². The number of carbonyl (C=O) groups excluding carboxylic acids is 2. The number of alkyl halides is 3. The van der Waals surface area contributed by atoms with Gasteiger partial charge < -0.3 is 15.6 Å². The first kappa shape index (κ1) is 35.8. The Morgan fingerprint density at radius 1 is 0.956 bits per heavy atom. The number of hydrazine groups is 1. The number of aromatic hydroxyl groups is 1. The number of nitrogens with two attached hydrogens (primary N) is 1. The van der Waals surface area contributed by atoms with E-state index in [2.05, 4.69) is 4.83 Å². The van der Waals surface area contributed by atoms with Crippen LogP contribution in [0.4, 0.5) is 13.2 Å². The maximum Gasteiger partial charge on any atom is 0.416 e. The van der Waals surface area contributed by atoms with Crippen molar-refractivity contribution in [3.05, 3.63) is 95.6 Å². The molecule has 1 saturated carbocycles. The van der Waals surface area contributed by atoms with Gasteiger partial charge in [0.2, 0.25) is 5.91 Å². The van der Waals surface area contributed by atoms with Crippen LogP contribution in [0.2, 0.25) is 0 Å². The third-order valence-corrected chi connectivity index (χ3v) is 8.81. The summed E-state index contributed by atoms with van der Waals surface area (Å²) in [5.41, 5.74) is 6.17. The summed E-state index contributed by atoms with van der Waals surface area (Å²) < 4.78 is 71.8. The Kier molecular flexibility index (Phi) is 12.4. The predicted molar refractivity (Wildman–Crippen MR) is 162 cm³/mol. The number of sulfonamides is 1. The average Bonchev–Trinajstić information content (AvgIpc) is 3.01. The minimum atomic E-state index is -4.66. The van der Waals surface area contributed by atoms with Crippen molar-refractivity contribution in [3.63, 3.8) is 0 Å². The molecule has 4 rings (SSSR count). The lowest BCUT2D eigenvalue weighted by Gasteiger charge is -2.35. The Morgan fingerprint density at radius 3 is 2.13 bits per heavy atom. The summed E-state index contributed by atoms with van der Waals surface area (Å²) in [6, 6.07) is 15.2. The lowest BCUT2D eigenvalue weighted by Crippen LogP contribution is -2.52. The topological polar surface area (TPSA) is 139 Å². The molecule has 0 spiro atoms. The number of esters is 1. The fourth-order valence-corrected chi connectivity index (χ4v) is 6.12. The maximum atomic E-state index is 13.9. The molecule has 0 bridgehead atoms. The highest BCUT2D eigenvalue weighted by molar-refractivity contribution is 7.89. The van der Waals surface area contributed by atoms with Gasteiger partial charge in [-0.2, -0.15) is 13.2 Å². The van der Waals surface area contributed by atoms with Gasteiger partial charge >= 0.3 is 12.1 Å². The molecule has 1 aliphatic rings. The van der Waals surface area contributed by atoms with Crippen LogP contribution >= 0.6 is 12.4 Å². The second kappa shape index (κ2) is 15.6. The maximum absolute atomic E-state index is 13.9. The Bertz CT molecular complexity index is 1520. The molecule has 1 unspecified atom stereocenters. The van der Waals surface area contributed by atoms with E-state index in [4.69, 9.17) is 10.5 Å². The SMILES string of the molecule is Cl.NC(Cc1ccc(O)cc1)C(=O)OC[C@H](c1ccccc1)N(NS(=O)(=O)c1ccc(C(F)(F)F)cc1)C(=O)C1CCCCC1. The molecule has 9 nitrogen and oxygen atoms in total. The quantitative estimate of drug-likeness (QED) is 0.186. The van der Waals surface area contributed by atoms with Crippen molar-refractivity contribution in [2.45, 2.75) is 61.7 Å². The number of rotatable bonds is 11. The van der Waals surface area contributed by atoms with E-state index in [9.17, 15) is 36.3 Å². The molecule has 0 saturated heterocycles. The molecule has 1 amide bonds. The van der Waals surface area contributed by atoms with Crippen molar-refractivity contribution in [3.8, 4) is 5.75 Å². The molecule has 14 heteroatoms. The fourth-order valence-electron chi connectivity index (χ4n) is 5.05. The highest BCUT2D eigenvalue weighted by Gasteiger charge is 2.36. The van der Waals surface area contributed by atoms with Crippen LogP contribution in [-0.2, 0) is 36.9 Å². The van der Waals surface area contributed by atoms with Crippen LogP contribution in [0, 0.1) is 5.92 Å². The van der Waals surface area contributed by atoms with Gasteiger partial charge in [0.1, 0.15) is 24.4 Å². The van der Waals surface area contributed by atoms with Crippen LogP contribution < -0.4 is 10.6 Å². The summed E-state index contributed by atoms with van der Waals surface area (Å²) in [5, 5.41) is 10.4. The molecule has 4 N–H and O–H groups in total. The number of phenolic OH excluding ortho intramolecular Hbond substituents is 1. The van der Waals surface area contributed by atoms with E-state index in [1.165, 1.54) is 12.1 Å². The molecule has 3 aromatic rings. The van der Waals surface area contributed by atoms with E-state index in [1.54, 1.807) is 42.5 Å². The van der Waals surface area contributed by atoms with Crippen LogP contribution in [0.1, 0.15) is 54.8 Å². The Morgan fingerprint density at radius 2 is 1.56 bits per heavy atom. The van der Waals surface area contributed by atoms with Crippen molar-refractivity contribution in [2.75, 3.05) is 6.61 Å². The van der Waals surface area contributed by atoms with Crippen molar-refractivity contribution >= 4 is 34.3 Å². The average molecular weight is 670 g/mol. The van der Waals surface area contributed by atoms with Crippen LogP contribution in [0.3, 0.4) is 0 Å². The molecular formula is C31H35ClF3N3O6S. The van der Waals surface area contributed by atoms with E-state index in [0.29, 0.717) is 36.1 Å². The first-order chi connectivity index (χ1) is 20.8. The van der Waals surface area contributed by atoms with Crippen LogP contribution in [0.5, 0.6) is 5.75 Å². The summed E-state index contributed by atoms with van der Waals surface area (Å²) in [5.74, 6) is -1.80. The van der Waals surface area contributed by atoms with Gasteiger partial charge in [-0.15, -0.1) is 17.2 Å².